The van der Waals surface area contributed by atoms with Crippen LogP contribution in [0.3, 0.4) is 0 Å². The van der Waals surface area contributed by atoms with Crippen LogP contribution in [0.5, 0.6) is 0 Å². The number of hydrogen-bond donors (Lipinski definition) is 0. The van der Waals surface area contributed by atoms with Crippen molar-refractivity contribution in [1.82, 2.24) is 0 Å². The van der Waals surface area contributed by atoms with Crippen molar-refractivity contribution < 1.29 is 0 Å². The van der Waals surface area contributed by atoms with Crippen LogP contribution >= 0.6 is 11.8 Å². The highest BCUT2D eigenvalue weighted by atomic mass is 32.2. The molecule has 2 heteroatoms. The highest BCUT2D eigenvalue weighted by molar-refractivity contribution is 7.99. The van der Waals surface area contributed by atoms with Gasteiger partial charge in [-0.3, -0.25) is 0 Å². The molecule has 0 bridgehead atoms. The Balaban J connectivity index is 2.45. The van der Waals surface area contributed by atoms with Gasteiger partial charge in [0, 0.05) is 0 Å². The lowest BCUT2D eigenvalue weighted by Gasteiger charge is -2.19. The van der Waals surface area contributed by atoms with Gasteiger partial charge < -0.3 is 0 Å². The number of nitriles is 1. The standard InChI is InChI=1S/C10H9NS/c11-7-10-9-4-2-1-3-8(9)5-6-12-10/h1-4,10H,5-6H2. The molecule has 60 valence electrons. The van der Waals surface area contributed by atoms with Crippen molar-refractivity contribution in [2.75, 3.05) is 5.75 Å². The quantitative estimate of drug-likeness (QED) is 0.605. The average molecular weight is 175 g/mol. The summed E-state index contributed by atoms with van der Waals surface area (Å²) >= 11 is 1.74. The van der Waals surface area contributed by atoms with Crippen LogP contribution in [0.25, 0.3) is 0 Å². The molecule has 1 aliphatic rings. The maximum atomic E-state index is 8.87. The van der Waals surface area contributed by atoms with Crippen molar-refractivity contribution in [3.8, 4) is 6.07 Å². The van der Waals surface area contributed by atoms with Crippen LogP contribution in [0.1, 0.15) is 16.4 Å². The predicted octanol–water partition coefficient (Wildman–Crippen LogP) is 2.54. The second kappa shape index (κ2) is 3.20. The monoisotopic (exact) mass is 175 g/mol. The molecule has 0 spiro atoms. The number of nitrogens with zero attached hydrogens (tertiary/aromatic N) is 1. The second-order valence-corrected chi connectivity index (χ2v) is 4.04. The zero-order valence-corrected chi connectivity index (χ0v) is 7.47. The van der Waals surface area contributed by atoms with Gasteiger partial charge in [0.1, 0.15) is 5.25 Å². The molecule has 0 radical (unpaired) electrons. The lowest BCUT2D eigenvalue weighted by Crippen LogP contribution is -2.06. The Bertz CT molecular complexity index is 327. The van der Waals surface area contributed by atoms with Crippen LogP contribution < -0.4 is 0 Å². The molecule has 1 aliphatic heterocycles. The minimum Gasteiger partial charge on any atom is -0.197 e. The molecule has 0 aliphatic carbocycles. The first-order valence-corrected chi connectivity index (χ1v) is 5.05. The third-order valence-corrected chi connectivity index (χ3v) is 3.24. The summed E-state index contributed by atoms with van der Waals surface area (Å²) < 4.78 is 0. The molecule has 12 heavy (non-hydrogen) atoms. The molecular formula is C10H9NS. The number of aryl methyl sites for hydroxylation is 1. The minimum absolute atomic E-state index is 0.0648. The van der Waals surface area contributed by atoms with Crippen molar-refractivity contribution in [2.24, 2.45) is 0 Å². The number of fused-ring (bicyclic) bond motifs is 1. The van der Waals surface area contributed by atoms with E-state index in [0.29, 0.717) is 0 Å². The maximum absolute atomic E-state index is 8.87. The first-order valence-electron chi connectivity index (χ1n) is 4.01. The van der Waals surface area contributed by atoms with Crippen LogP contribution in [-0.2, 0) is 6.42 Å². The highest BCUT2D eigenvalue weighted by Crippen LogP contribution is 2.35. The third-order valence-electron chi connectivity index (χ3n) is 2.11. The van der Waals surface area contributed by atoms with Gasteiger partial charge in [0.15, 0.2) is 0 Å². The summed E-state index contributed by atoms with van der Waals surface area (Å²) in [7, 11) is 0. The van der Waals surface area contributed by atoms with Gasteiger partial charge in [-0.25, -0.2) is 0 Å². The zero-order valence-electron chi connectivity index (χ0n) is 6.66. The highest BCUT2D eigenvalue weighted by Gasteiger charge is 2.18. The molecule has 1 unspecified atom stereocenters. The molecule has 1 aromatic carbocycles. The van der Waals surface area contributed by atoms with E-state index >= 15 is 0 Å². The van der Waals surface area contributed by atoms with E-state index in [4.69, 9.17) is 5.26 Å². The summed E-state index contributed by atoms with van der Waals surface area (Å²) in [6.07, 6.45) is 1.11. The molecule has 2 rings (SSSR count). The van der Waals surface area contributed by atoms with Gasteiger partial charge in [0.25, 0.3) is 0 Å². The normalized spacial score (nSPS) is 21.1. The summed E-state index contributed by atoms with van der Waals surface area (Å²) in [5.41, 5.74) is 2.57. The first kappa shape index (κ1) is 7.70. The summed E-state index contributed by atoms with van der Waals surface area (Å²) in [5, 5.41) is 8.93. The van der Waals surface area contributed by atoms with Crippen molar-refractivity contribution >= 4 is 11.8 Å². The van der Waals surface area contributed by atoms with Gasteiger partial charge in [-0.15, -0.1) is 11.8 Å². The van der Waals surface area contributed by atoms with E-state index < -0.39 is 0 Å². The van der Waals surface area contributed by atoms with E-state index in [9.17, 15) is 0 Å². The molecule has 1 heterocycles. The SMILES string of the molecule is N#CC1SCCc2ccccc21. The van der Waals surface area contributed by atoms with E-state index in [-0.39, 0.29) is 5.25 Å². The fourth-order valence-electron chi connectivity index (χ4n) is 1.50. The van der Waals surface area contributed by atoms with Crippen LogP contribution in [-0.4, -0.2) is 5.75 Å². The van der Waals surface area contributed by atoms with Gasteiger partial charge >= 0.3 is 0 Å². The van der Waals surface area contributed by atoms with Crippen molar-refractivity contribution in [1.29, 1.82) is 5.26 Å². The topological polar surface area (TPSA) is 23.8 Å². The average Bonchev–Trinajstić information content (AvgIpc) is 2.17. The molecule has 1 atom stereocenters. The number of hydrogen-bond acceptors (Lipinski definition) is 2. The molecule has 1 nitrogen and oxygen atoms in total. The maximum Gasteiger partial charge on any atom is 0.117 e. The van der Waals surface area contributed by atoms with Gasteiger partial charge in [0.05, 0.1) is 6.07 Å². The second-order valence-electron chi connectivity index (χ2n) is 2.83. The Kier molecular flexibility index (Phi) is 2.05. The molecule has 0 saturated carbocycles. The van der Waals surface area contributed by atoms with E-state index in [0.717, 1.165) is 12.2 Å². The van der Waals surface area contributed by atoms with Gasteiger partial charge in [-0.2, -0.15) is 5.26 Å². The Labute approximate surface area is 76.4 Å². The summed E-state index contributed by atoms with van der Waals surface area (Å²) in [6, 6.07) is 10.6. The van der Waals surface area contributed by atoms with Crippen molar-refractivity contribution in [2.45, 2.75) is 11.7 Å². The fraction of sp³-hybridized carbons (Fsp3) is 0.300. The number of rotatable bonds is 0. The van der Waals surface area contributed by atoms with Crippen LogP contribution in [0, 0.1) is 11.3 Å². The molecule has 0 aromatic heterocycles. The zero-order chi connectivity index (χ0) is 8.39. The molecule has 0 saturated heterocycles. The van der Waals surface area contributed by atoms with Crippen LogP contribution in [0.4, 0.5) is 0 Å². The molecule has 0 amide bonds. The van der Waals surface area contributed by atoms with E-state index in [2.05, 4.69) is 18.2 Å². The lowest BCUT2D eigenvalue weighted by atomic mass is 10.0. The summed E-state index contributed by atoms with van der Waals surface area (Å²) in [6.45, 7) is 0. The summed E-state index contributed by atoms with van der Waals surface area (Å²) in [5.74, 6) is 1.08. The van der Waals surface area contributed by atoms with Crippen LogP contribution in [0.15, 0.2) is 24.3 Å². The Morgan fingerprint density at radius 3 is 3.08 bits per heavy atom. The van der Waals surface area contributed by atoms with Gasteiger partial charge in [-0.1, -0.05) is 24.3 Å². The van der Waals surface area contributed by atoms with E-state index in [1.165, 1.54) is 11.1 Å². The van der Waals surface area contributed by atoms with Crippen molar-refractivity contribution in [3.05, 3.63) is 35.4 Å². The number of benzene rings is 1. The molecule has 0 N–H and O–H groups in total. The smallest absolute Gasteiger partial charge is 0.117 e. The van der Waals surface area contributed by atoms with E-state index in [1.807, 2.05) is 12.1 Å². The van der Waals surface area contributed by atoms with Crippen molar-refractivity contribution in [3.63, 3.8) is 0 Å². The largest absolute Gasteiger partial charge is 0.197 e. The number of thioether (sulfide) groups is 1. The molecular weight excluding hydrogens is 166 g/mol. The predicted molar refractivity (Wildman–Crippen MR) is 51.0 cm³/mol. The Morgan fingerprint density at radius 2 is 2.25 bits per heavy atom. The third kappa shape index (κ3) is 1.21. The minimum atomic E-state index is 0.0648. The van der Waals surface area contributed by atoms with E-state index in [1.54, 1.807) is 11.8 Å². The molecule has 0 fully saturated rings. The Hall–Kier alpha value is -0.940. The molecule has 1 aromatic rings. The van der Waals surface area contributed by atoms with Crippen LogP contribution in [0.2, 0.25) is 0 Å². The first-order chi connectivity index (χ1) is 5.92. The fourth-order valence-corrected chi connectivity index (χ4v) is 2.56. The summed E-state index contributed by atoms with van der Waals surface area (Å²) in [4.78, 5) is 0. The Morgan fingerprint density at radius 1 is 1.42 bits per heavy atom. The van der Waals surface area contributed by atoms with Gasteiger partial charge in [-0.05, 0) is 23.3 Å². The lowest BCUT2D eigenvalue weighted by molar-refractivity contribution is 1.04. The van der Waals surface area contributed by atoms with Gasteiger partial charge in [0.2, 0.25) is 0 Å².